The van der Waals surface area contributed by atoms with Crippen molar-refractivity contribution in [1.29, 1.82) is 0 Å². The molecule has 2 N–H and O–H groups in total. The lowest BCUT2D eigenvalue weighted by molar-refractivity contribution is 0.0984. The van der Waals surface area contributed by atoms with Gasteiger partial charge in [-0.2, -0.15) is 0 Å². The van der Waals surface area contributed by atoms with Gasteiger partial charge in [0.05, 0.1) is 23.4 Å². The van der Waals surface area contributed by atoms with Gasteiger partial charge >= 0.3 is 0 Å². The Balaban J connectivity index is 2.52. The van der Waals surface area contributed by atoms with Gasteiger partial charge in [0.15, 0.2) is 0 Å². The maximum absolute atomic E-state index is 11.1. The molecule has 0 saturated carbocycles. The number of para-hydroxylation sites is 1. The van der Waals surface area contributed by atoms with Gasteiger partial charge in [-0.3, -0.25) is 9.52 Å². The maximum Gasteiger partial charge on any atom is 0.264 e. The molecule has 56 valence electrons. The Morgan fingerprint density at radius 1 is 1.18 bits per heavy atom. The number of amides is 1. The third-order valence-electron chi connectivity index (χ3n) is 1.48. The van der Waals surface area contributed by atoms with E-state index in [1.807, 2.05) is 18.2 Å². The Morgan fingerprint density at radius 2 is 2.00 bits per heavy atom. The molecule has 0 fully saturated rings. The predicted octanol–water partition coefficient (Wildman–Crippen LogP) is 1.41. The summed E-state index contributed by atoms with van der Waals surface area (Å²) in [5, 5.41) is 0. The van der Waals surface area contributed by atoms with Gasteiger partial charge in [-0.15, -0.1) is 0 Å². The summed E-state index contributed by atoms with van der Waals surface area (Å²) in [5.41, 5.74) is 1.58. The molecule has 0 aromatic heterocycles. The second kappa shape index (κ2) is 2.47. The number of rotatable bonds is 0. The maximum atomic E-state index is 11.1. The van der Waals surface area contributed by atoms with Crippen LogP contribution in [0.2, 0.25) is 0 Å². The van der Waals surface area contributed by atoms with E-state index in [1.165, 1.54) is 12.1 Å². The molecule has 0 bridgehead atoms. The predicted molar refractivity (Wildman–Crippen MR) is 45.1 cm³/mol. The number of carbonyl (C=O) groups excluding carboxylic acids is 1. The number of fused-ring (bicyclic) bond motifs is 1. The summed E-state index contributed by atoms with van der Waals surface area (Å²) >= 11 is 1.20. The molecular weight excluding hydrogens is 160 g/mol. The largest absolute Gasteiger partial charge is 0.311 e. The Morgan fingerprint density at radius 3 is 2.82 bits per heavy atom. The molecule has 0 saturated heterocycles. The van der Waals surface area contributed by atoms with Crippen LogP contribution in [0, 0.1) is 0 Å². The van der Waals surface area contributed by atoms with Crippen LogP contribution in [-0.2, 0) is 0 Å². The van der Waals surface area contributed by atoms with Gasteiger partial charge in [0.2, 0.25) is 0 Å². The van der Waals surface area contributed by atoms with E-state index in [1.54, 1.807) is 6.07 Å². The molecule has 1 amide bonds. The molecule has 1 aromatic rings. The van der Waals surface area contributed by atoms with Crippen LogP contribution >= 0.6 is 12.1 Å². The van der Waals surface area contributed by atoms with Gasteiger partial charge in [-0.25, -0.2) is 0 Å². The van der Waals surface area contributed by atoms with Crippen molar-refractivity contribution in [2.24, 2.45) is 0 Å². The quantitative estimate of drug-likeness (QED) is 0.572. The SMILES string of the molecule is O=C1NSNc2ccccc21. The molecule has 0 atom stereocenters. The van der Waals surface area contributed by atoms with Crippen molar-refractivity contribution < 1.29 is 4.79 Å². The number of carbonyl (C=O) groups is 1. The van der Waals surface area contributed by atoms with Crippen LogP contribution in [0.5, 0.6) is 0 Å². The van der Waals surface area contributed by atoms with E-state index < -0.39 is 0 Å². The second-order valence-corrected chi connectivity index (χ2v) is 2.79. The lowest BCUT2D eigenvalue weighted by Crippen LogP contribution is -2.23. The average Bonchev–Trinajstić information content (AvgIpc) is 2.06. The average molecular weight is 166 g/mol. The van der Waals surface area contributed by atoms with Crippen LogP contribution in [0.15, 0.2) is 24.3 Å². The third kappa shape index (κ3) is 1.05. The minimum atomic E-state index is -0.0376. The van der Waals surface area contributed by atoms with E-state index in [-0.39, 0.29) is 5.91 Å². The van der Waals surface area contributed by atoms with E-state index in [2.05, 4.69) is 9.44 Å². The van der Waals surface area contributed by atoms with Gasteiger partial charge in [0, 0.05) is 0 Å². The zero-order valence-corrected chi connectivity index (χ0v) is 6.44. The number of benzene rings is 1. The van der Waals surface area contributed by atoms with Crippen molar-refractivity contribution >= 4 is 23.7 Å². The van der Waals surface area contributed by atoms with Gasteiger partial charge in [0.1, 0.15) is 0 Å². The Hall–Kier alpha value is -1.16. The third-order valence-corrected chi connectivity index (χ3v) is 2.09. The second-order valence-electron chi connectivity index (χ2n) is 2.18. The zero-order chi connectivity index (χ0) is 7.68. The van der Waals surface area contributed by atoms with Gasteiger partial charge in [-0.1, -0.05) is 12.1 Å². The first kappa shape index (κ1) is 6.54. The summed E-state index contributed by atoms with van der Waals surface area (Å²) in [5.74, 6) is -0.0376. The molecular formula is C7H6N2OS. The van der Waals surface area contributed by atoms with Gasteiger partial charge < -0.3 is 4.72 Å². The van der Waals surface area contributed by atoms with Crippen molar-refractivity contribution in [3.8, 4) is 0 Å². The molecule has 1 heterocycles. The lowest BCUT2D eigenvalue weighted by Gasteiger charge is -2.15. The lowest BCUT2D eigenvalue weighted by atomic mass is 10.2. The molecule has 0 unspecified atom stereocenters. The van der Waals surface area contributed by atoms with Crippen LogP contribution in [0.3, 0.4) is 0 Å². The highest BCUT2D eigenvalue weighted by Crippen LogP contribution is 2.21. The van der Waals surface area contributed by atoms with Gasteiger partial charge in [-0.05, 0) is 12.1 Å². The Labute approximate surface area is 68.4 Å². The minimum Gasteiger partial charge on any atom is -0.311 e. The molecule has 3 nitrogen and oxygen atoms in total. The highest BCUT2D eigenvalue weighted by Gasteiger charge is 2.14. The standard InChI is InChI=1S/C7H6N2OS/c10-7-5-3-1-2-4-6(5)8-11-9-7/h1-4,8H,(H,9,10). The molecule has 0 spiro atoms. The fraction of sp³-hybridized carbons (Fsp3) is 0. The summed E-state index contributed by atoms with van der Waals surface area (Å²) in [6.07, 6.45) is 0. The molecule has 2 rings (SSSR count). The molecule has 0 radical (unpaired) electrons. The van der Waals surface area contributed by atoms with E-state index in [9.17, 15) is 4.79 Å². The number of hydrogen-bond acceptors (Lipinski definition) is 3. The van der Waals surface area contributed by atoms with E-state index in [0.29, 0.717) is 5.56 Å². The summed E-state index contributed by atoms with van der Waals surface area (Å²) in [4.78, 5) is 11.1. The Bertz CT molecular complexity index is 300. The Kier molecular flexibility index (Phi) is 1.47. The van der Waals surface area contributed by atoms with Crippen molar-refractivity contribution in [3.05, 3.63) is 29.8 Å². The van der Waals surface area contributed by atoms with Crippen molar-refractivity contribution in [2.45, 2.75) is 0 Å². The van der Waals surface area contributed by atoms with E-state index >= 15 is 0 Å². The fourth-order valence-electron chi connectivity index (χ4n) is 0.952. The summed E-state index contributed by atoms with van der Waals surface area (Å²) in [7, 11) is 0. The topological polar surface area (TPSA) is 41.1 Å². The highest BCUT2D eigenvalue weighted by molar-refractivity contribution is 7.99. The first-order valence-corrected chi connectivity index (χ1v) is 4.01. The molecule has 0 aliphatic carbocycles. The fourth-order valence-corrected chi connectivity index (χ4v) is 1.49. The zero-order valence-electron chi connectivity index (χ0n) is 5.63. The number of anilines is 1. The van der Waals surface area contributed by atoms with Crippen LogP contribution in [0.4, 0.5) is 5.69 Å². The molecule has 4 heteroatoms. The van der Waals surface area contributed by atoms with E-state index in [4.69, 9.17) is 0 Å². The van der Waals surface area contributed by atoms with Crippen molar-refractivity contribution in [2.75, 3.05) is 4.72 Å². The first-order valence-electron chi connectivity index (χ1n) is 3.19. The minimum absolute atomic E-state index is 0.0376. The number of hydrogen-bond donors (Lipinski definition) is 2. The van der Waals surface area contributed by atoms with Crippen LogP contribution in [-0.4, -0.2) is 5.91 Å². The molecule has 11 heavy (non-hydrogen) atoms. The van der Waals surface area contributed by atoms with Gasteiger partial charge in [0.25, 0.3) is 5.91 Å². The highest BCUT2D eigenvalue weighted by atomic mass is 32.2. The summed E-state index contributed by atoms with van der Waals surface area (Å²) in [6, 6.07) is 7.40. The molecule has 1 aliphatic heterocycles. The molecule has 1 aromatic carbocycles. The molecule has 1 aliphatic rings. The van der Waals surface area contributed by atoms with Crippen LogP contribution in [0.25, 0.3) is 0 Å². The monoisotopic (exact) mass is 166 g/mol. The van der Waals surface area contributed by atoms with Crippen molar-refractivity contribution in [3.63, 3.8) is 0 Å². The first-order chi connectivity index (χ1) is 5.38. The normalized spacial score (nSPS) is 14.7. The van der Waals surface area contributed by atoms with Crippen molar-refractivity contribution in [1.82, 2.24) is 4.72 Å². The number of nitrogens with one attached hydrogen (secondary N) is 2. The van der Waals surface area contributed by atoms with E-state index in [0.717, 1.165) is 5.69 Å². The van der Waals surface area contributed by atoms with Crippen LogP contribution in [0.1, 0.15) is 10.4 Å². The smallest absolute Gasteiger partial charge is 0.264 e. The summed E-state index contributed by atoms with van der Waals surface area (Å²) < 4.78 is 5.58. The van der Waals surface area contributed by atoms with Crippen LogP contribution < -0.4 is 9.44 Å². The summed E-state index contributed by atoms with van der Waals surface area (Å²) in [6.45, 7) is 0.